The van der Waals surface area contributed by atoms with Crippen molar-refractivity contribution in [2.45, 2.75) is 46.4 Å². The number of ether oxygens (including phenoxy) is 1. The number of anilines is 1. The molecule has 0 radical (unpaired) electrons. The van der Waals surface area contributed by atoms with Crippen molar-refractivity contribution >= 4 is 23.0 Å². The highest BCUT2D eigenvalue weighted by Gasteiger charge is 2.16. The van der Waals surface area contributed by atoms with E-state index in [9.17, 15) is 8.78 Å². The van der Waals surface area contributed by atoms with Gasteiger partial charge in [0, 0.05) is 5.69 Å². The molecule has 23 heavy (non-hydrogen) atoms. The Morgan fingerprint density at radius 1 is 1.13 bits per heavy atom. The van der Waals surface area contributed by atoms with Gasteiger partial charge in [-0.2, -0.15) is 8.78 Å². The summed E-state index contributed by atoms with van der Waals surface area (Å²) in [6, 6.07) is 7.35. The van der Waals surface area contributed by atoms with E-state index in [4.69, 9.17) is 12.2 Å². The molecule has 0 amide bonds. The minimum absolute atomic E-state index is 0.123. The Kier molecular flexibility index (Phi) is 8.19. The van der Waals surface area contributed by atoms with Crippen LogP contribution in [0.15, 0.2) is 24.3 Å². The van der Waals surface area contributed by atoms with Crippen LogP contribution in [-0.2, 0) is 0 Å². The van der Waals surface area contributed by atoms with Gasteiger partial charge in [0.25, 0.3) is 0 Å². The lowest BCUT2D eigenvalue weighted by atomic mass is 10.2. The second kappa shape index (κ2) is 9.62. The average molecular weight is 346 g/mol. The van der Waals surface area contributed by atoms with Crippen molar-refractivity contribution in [3.63, 3.8) is 0 Å². The maximum absolute atomic E-state index is 12.1. The number of hydrogen-bond acceptors (Lipinski definition) is 2. The zero-order chi connectivity index (χ0) is 17.4. The molecular weight excluding hydrogens is 320 g/mol. The first kappa shape index (κ1) is 19.6. The van der Waals surface area contributed by atoms with Crippen LogP contribution in [0.2, 0.25) is 0 Å². The molecule has 0 aliphatic rings. The number of halogens is 2. The molecule has 130 valence electrons. The summed E-state index contributed by atoms with van der Waals surface area (Å²) < 4.78 is 28.5. The third-order valence-electron chi connectivity index (χ3n) is 3.52. The first-order valence-electron chi connectivity index (χ1n) is 7.75. The molecule has 0 saturated heterocycles. The fourth-order valence-electron chi connectivity index (χ4n) is 2.46. The van der Waals surface area contributed by atoms with E-state index in [0.717, 1.165) is 18.8 Å². The smallest absolute Gasteiger partial charge is 0.387 e. The fraction of sp³-hybridized carbons (Fsp3) is 0.562. The van der Waals surface area contributed by atoms with Gasteiger partial charge in [-0.15, -0.1) is 0 Å². The molecule has 4 nitrogen and oxygen atoms in total. The molecule has 0 fully saturated rings. The number of benzene rings is 1. The quantitative estimate of drug-likeness (QED) is 0.632. The van der Waals surface area contributed by atoms with Gasteiger partial charge in [0.1, 0.15) is 5.75 Å². The van der Waals surface area contributed by atoms with Gasteiger partial charge < -0.3 is 20.3 Å². The minimum atomic E-state index is -2.82. The van der Waals surface area contributed by atoms with E-state index in [1.54, 1.807) is 12.1 Å². The number of rotatable bonds is 8. The molecule has 0 saturated carbocycles. The first-order chi connectivity index (χ1) is 10.8. The van der Waals surface area contributed by atoms with Crippen molar-refractivity contribution < 1.29 is 18.4 Å². The van der Waals surface area contributed by atoms with Gasteiger partial charge in [-0.3, -0.25) is 0 Å². The summed E-state index contributed by atoms with van der Waals surface area (Å²) in [5.41, 5.74) is 0.723. The summed E-state index contributed by atoms with van der Waals surface area (Å²) in [5.74, 6) is 0.123. The minimum Gasteiger partial charge on any atom is -0.435 e. The standard InChI is InChI=1S/C16H25F2N3OS/c1-11(2)21(12(3)4)10-9-19-16(23)20-13-5-7-14(8-6-13)22-15(17)18/h5-8,11-12,15H,9-10H2,1-4H3,(H2,19,20,23)/p+1. The number of nitrogens with one attached hydrogen (secondary N) is 3. The highest BCUT2D eigenvalue weighted by Crippen LogP contribution is 2.17. The monoisotopic (exact) mass is 346 g/mol. The number of hydrogen-bond donors (Lipinski definition) is 3. The van der Waals surface area contributed by atoms with Gasteiger partial charge in [0.2, 0.25) is 0 Å². The SMILES string of the molecule is CC(C)[NH+](CCNC(=S)Nc1ccc(OC(F)F)cc1)C(C)C. The molecule has 1 aromatic carbocycles. The lowest BCUT2D eigenvalue weighted by Gasteiger charge is -2.27. The van der Waals surface area contributed by atoms with Crippen LogP contribution in [0.1, 0.15) is 27.7 Å². The Hall–Kier alpha value is -1.47. The van der Waals surface area contributed by atoms with Crippen molar-refractivity contribution in [3.05, 3.63) is 24.3 Å². The summed E-state index contributed by atoms with van der Waals surface area (Å²) in [6.07, 6.45) is 0. The van der Waals surface area contributed by atoms with Crippen molar-refractivity contribution in [2.24, 2.45) is 0 Å². The zero-order valence-corrected chi connectivity index (χ0v) is 14.8. The Balaban J connectivity index is 2.39. The second-order valence-electron chi connectivity index (χ2n) is 5.92. The van der Waals surface area contributed by atoms with Crippen LogP contribution < -0.4 is 20.3 Å². The lowest BCUT2D eigenvalue weighted by molar-refractivity contribution is -0.941. The van der Waals surface area contributed by atoms with E-state index in [1.807, 2.05) is 0 Å². The van der Waals surface area contributed by atoms with E-state index in [2.05, 4.69) is 43.1 Å². The van der Waals surface area contributed by atoms with Crippen LogP contribution in [0.5, 0.6) is 5.75 Å². The highest BCUT2D eigenvalue weighted by molar-refractivity contribution is 7.80. The summed E-state index contributed by atoms with van der Waals surface area (Å²) in [6.45, 7) is 7.74. The number of thiocarbonyl (C=S) groups is 1. The molecule has 0 aliphatic heterocycles. The molecule has 0 unspecified atom stereocenters. The molecule has 3 N–H and O–H groups in total. The van der Waals surface area contributed by atoms with Crippen LogP contribution in [0.4, 0.5) is 14.5 Å². The molecule has 0 aliphatic carbocycles. The summed E-state index contributed by atoms with van der Waals surface area (Å²) in [5, 5.41) is 6.70. The molecule has 0 spiro atoms. The third-order valence-corrected chi connectivity index (χ3v) is 3.77. The van der Waals surface area contributed by atoms with Gasteiger partial charge in [0.15, 0.2) is 5.11 Å². The Morgan fingerprint density at radius 3 is 2.17 bits per heavy atom. The summed E-state index contributed by atoms with van der Waals surface area (Å²) in [4.78, 5) is 1.51. The zero-order valence-electron chi connectivity index (χ0n) is 14.0. The predicted molar refractivity (Wildman–Crippen MR) is 93.4 cm³/mol. The van der Waals surface area contributed by atoms with E-state index < -0.39 is 6.61 Å². The van der Waals surface area contributed by atoms with Gasteiger partial charge in [-0.1, -0.05) is 0 Å². The molecule has 7 heteroatoms. The molecule has 1 aromatic rings. The molecule has 0 aromatic heterocycles. The molecule has 0 bridgehead atoms. The van der Waals surface area contributed by atoms with Crippen molar-refractivity contribution in [1.29, 1.82) is 0 Å². The van der Waals surface area contributed by atoms with Crippen LogP contribution >= 0.6 is 12.2 Å². The summed E-state index contributed by atoms with van der Waals surface area (Å²) in [7, 11) is 0. The molecule has 0 atom stereocenters. The first-order valence-corrected chi connectivity index (χ1v) is 8.15. The lowest BCUT2D eigenvalue weighted by Crippen LogP contribution is -3.18. The van der Waals surface area contributed by atoms with Gasteiger partial charge in [-0.05, 0) is 64.2 Å². The summed E-state index contributed by atoms with van der Waals surface area (Å²) >= 11 is 5.24. The van der Waals surface area contributed by atoms with Gasteiger partial charge >= 0.3 is 6.61 Å². The predicted octanol–water partition coefficient (Wildman–Crippen LogP) is 2.28. The maximum atomic E-state index is 12.1. The van der Waals surface area contributed by atoms with Crippen molar-refractivity contribution in [1.82, 2.24) is 5.32 Å². The topological polar surface area (TPSA) is 37.7 Å². The van der Waals surface area contributed by atoms with Crippen LogP contribution in [0.3, 0.4) is 0 Å². The number of quaternary nitrogens is 1. The van der Waals surface area contributed by atoms with E-state index >= 15 is 0 Å². The Bertz CT molecular complexity index is 473. The second-order valence-corrected chi connectivity index (χ2v) is 6.33. The normalized spacial score (nSPS) is 11.4. The molecule has 0 heterocycles. The number of alkyl halides is 2. The van der Waals surface area contributed by atoms with E-state index in [-0.39, 0.29) is 5.75 Å². The van der Waals surface area contributed by atoms with E-state index in [0.29, 0.717) is 17.2 Å². The fourth-order valence-corrected chi connectivity index (χ4v) is 2.68. The molecular formula is C16H26F2N3OS+. The van der Waals surface area contributed by atoms with Crippen molar-refractivity contribution in [3.8, 4) is 5.75 Å². The average Bonchev–Trinajstić information content (AvgIpc) is 2.44. The Labute approximate surface area is 142 Å². The van der Waals surface area contributed by atoms with Gasteiger partial charge in [-0.25, -0.2) is 0 Å². The van der Waals surface area contributed by atoms with Crippen LogP contribution in [0.25, 0.3) is 0 Å². The van der Waals surface area contributed by atoms with Crippen LogP contribution in [-0.4, -0.2) is 36.9 Å². The Morgan fingerprint density at radius 2 is 1.70 bits per heavy atom. The van der Waals surface area contributed by atoms with Crippen molar-refractivity contribution in [2.75, 3.05) is 18.4 Å². The maximum Gasteiger partial charge on any atom is 0.387 e. The van der Waals surface area contributed by atoms with Crippen LogP contribution in [0, 0.1) is 0 Å². The van der Waals surface area contributed by atoms with E-state index in [1.165, 1.54) is 17.0 Å². The third kappa shape index (κ3) is 7.56. The molecule has 1 rings (SSSR count). The van der Waals surface area contributed by atoms with Gasteiger partial charge in [0.05, 0.1) is 25.2 Å². The highest BCUT2D eigenvalue weighted by atomic mass is 32.1. The largest absolute Gasteiger partial charge is 0.435 e.